The third kappa shape index (κ3) is 1.64. The van der Waals surface area contributed by atoms with Crippen LogP contribution in [0.5, 0.6) is 0 Å². The van der Waals surface area contributed by atoms with Crippen molar-refractivity contribution < 1.29 is 0 Å². The zero-order valence-corrected chi connectivity index (χ0v) is 6.84. The Morgan fingerprint density at radius 3 is 2.56 bits per heavy atom. The first kappa shape index (κ1) is 7.46. The first-order valence-corrected chi connectivity index (χ1v) is 3.77. The third-order valence-electron chi connectivity index (χ3n) is 1.11. The Balaban J connectivity index is 2.83. The van der Waals surface area contributed by atoms with E-state index in [9.17, 15) is 0 Å². The van der Waals surface area contributed by atoms with Gasteiger partial charge in [-0.2, -0.15) is 0 Å². The molecule has 0 aromatic heterocycles. The van der Waals surface area contributed by atoms with E-state index in [0.29, 0.717) is 10.1 Å². The van der Waals surface area contributed by atoms with E-state index in [1.165, 1.54) is 0 Å². The highest BCUT2D eigenvalue weighted by molar-refractivity contribution is 6.44. The molecule has 0 aliphatic heterocycles. The molecule has 50 valence electrons. The van der Waals surface area contributed by atoms with Crippen LogP contribution < -0.4 is 0 Å². The summed E-state index contributed by atoms with van der Waals surface area (Å²) < 4.78 is 0. The van der Waals surface area contributed by atoms with E-state index in [4.69, 9.17) is 34.8 Å². The Morgan fingerprint density at radius 2 is 2.11 bits per heavy atom. The lowest BCUT2D eigenvalue weighted by Crippen LogP contribution is -2.00. The highest BCUT2D eigenvalue weighted by atomic mass is 35.5. The molecule has 0 N–H and O–H groups in total. The lowest BCUT2D eigenvalue weighted by molar-refractivity contribution is 1.02. The van der Waals surface area contributed by atoms with Gasteiger partial charge < -0.3 is 0 Å². The normalized spacial score (nSPS) is 27.2. The summed E-state index contributed by atoms with van der Waals surface area (Å²) in [6.45, 7) is 0. The lowest BCUT2D eigenvalue weighted by Gasteiger charge is -2.09. The van der Waals surface area contributed by atoms with Gasteiger partial charge in [0.2, 0.25) is 0 Å². The van der Waals surface area contributed by atoms with Gasteiger partial charge in [0.15, 0.2) is 0 Å². The van der Waals surface area contributed by atoms with Crippen LogP contribution in [0.2, 0.25) is 0 Å². The van der Waals surface area contributed by atoms with Crippen molar-refractivity contribution in [3.05, 3.63) is 22.2 Å². The molecule has 0 amide bonds. The molecule has 9 heavy (non-hydrogen) atoms. The van der Waals surface area contributed by atoms with Crippen LogP contribution in [0.15, 0.2) is 22.2 Å². The van der Waals surface area contributed by atoms with Gasteiger partial charge in [-0.15, -0.1) is 11.6 Å². The average Bonchev–Trinajstić information content (AvgIpc) is 1.83. The number of rotatable bonds is 0. The van der Waals surface area contributed by atoms with Crippen molar-refractivity contribution >= 4 is 34.8 Å². The minimum atomic E-state index is -0.121. The van der Waals surface area contributed by atoms with Crippen LogP contribution in [0.1, 0.15) is 6.42 Å². The molecule has 0 aromatic carbocycles. The molecular weight excluding hydrogens is 178 g/mol. The first-order chi connectivity index (χ1) is 4.22. The molecule has 1 rings (SSSR count). The number of alkyl halides is 1. The Bertz CT molecular complexity index is 169. The molecule has 1 unspecified atom stereocenters. The predicted molar refractivity (Wildman–Crippen MR) is 42.1 cm³/mol. The van der Waals surface area contributed by atoms with Crippen molar-refractivity contribution in [1.82, 2.24) is 0 Å². The number of hydrogen-bond donors (Lipinski definition) is 0. The molecule has 3 heteroatoms. The molecule has 0 radical (unpaired) electrons. The first-order valence-electron chi connectivity index (χ1n) is 2.57. The van der Waals surface area contributed by atoms with Crippen LogP contribution in [-0.4, -0.2) is 5.38 Å². The fraction of sp³-hybridized carbons (Fsp3) is 0.333. The van der Waals surface area contributed by atoms with Gasteiger partial charge in [-0.25, -0.2) is 0 Å². The van der Waals surface area contributed by atoms with Gasteiger partial charge in [-0.05, 0) is 12.5 Å². The fourth-order valence-electron chi connectivity index (χ4n) is 0.624. The molecule has 0 bridgehead atoms. The molecule has 1 aliphatic carbocycles. The highest BCUT2D eigenvalue weighted by Crippen LogP contribution is 2.28. The zero-order chi connectivity index (χ0) is 6.85. The lowest BCUT2D eigenvalue weighted by atomic mass is 10.2. The Labute approximate surface area is 69.1 Å². The van der Waals surface area contributed by atoms with Crippen LogP contribution in [0.4, 0.5) is 0 Å². The maximum Gasteiger partial charge on any atom is 0.0741 e. The molecular formula is C6H5Cl3. The average molecular weight is 183 g/mol. The summed E-state index contributed by atoms with van der Waals surface area (Å²) in [5.74, 6) is 0. The van der Waals surface area contributed by atoms with E-state index in [2.05, 4.69) is 0 Å². The second-order valence-electron chi connectivity index (χ2n) is 1.80. The largest absolute Gasteiger partial charge is 0.116 e. The van der Waals surface area contributed by atoms with Gasteiger partial charge in [-0.1, -0.05) is 29.3 Å². The molecule has 0 nitrogen and oxygen atoms in total. The van der Waals surface area contributed by atoms with Gasteiger partial charge in [-0.3, -0.25) is 0 Å². The number of halogens is 3. The minimum Gasteiger partial charge on any atom is -0.116 e. The summed E-state index contributed by atoms with van der Waals surface area (Å²) in [6.07, 6.45) is 4.45. The zero-order valence-electron chi connectivity index (χ0n) is 4.57. The Hall–Kier alpha value is 0.350. The standard InChI is InChI=1S/C6H5Cl3/c7-4-2-1-3-5(8)6(4)9/h1-2,5H,3H2. The van der Waals surface area contributed by atoms with Crippen molar-refractivity contribution in [3.63, 3.8) is 0 Å². The van der Waals surface area contributed by atoms with Crippen molar-refractivity contribution in [2.24, 2.45) is 0 Å². The molecule has 0 heterocycles. The third-order valence-corrected chi connectivity index (χ3v) is 2.51. The summed E-state index contributed by atoms with van der Waals surface area (Å²) in [5, 5.41) is 0.993. The quantitative estimate of drug-likeness (QED) is 0.506. The van der Waals surface area contributed by atoms with Crippen LogP contribution >= 0.6 is 34.8 Å². The maximum absolute atomic E-state index is 5.74. The van der Waals surface area contributed by atoms with E-state index in [1.54, 1.807) is 6.08 Å². The van der Waals surface area contributed by atoms with Crippen LogP contribution in [0.3, 0.4) is 0 Å². The molecule has 0 aromatic rings. The van der Waals surface area contributed by atoms with Crippen LogP contribution in [-0.2, 0) is 0 Å². The maximum atomic E-state index is 5.74. The Morgan fingerprint density at radius 1 is 1.44 bits per heavy atom. The van der Waals surface area contributed by atoms with Crippen LogP contribution in [0, 0.1) is 0 Å². The van der Waals surface area contributed by atoms with Gasteiger partial charge in [0.1, 0.15) is 0 Å². The Kier molecular flexibility index (Phi) is 2.45. The molecule has 0 spiro atoms. The predicted octanol–water partition coefficient (Wildman–Crippen LogP) is 3.24. The van der Waals surface area contributed by atoms with Crippen molar-refractivity contribution in [1.29, 1.82) is 0 Å². The monoisotopic (exact) mass is 182 g/mol. The molecule has 1 atom stereocenters. The summed E-state index contributed by atoms with van der Waals surface area (Å²) in [6, 6.07) is 0. The van der Waals surface area contributed by atoms with Gasteiger partial charge in [0.25, 0.3) is 0 Å². The van der Waals surface area contributed by atoms with Crippen molar-refractivity contribution in [2.75, 3.05) is 0 Å². The van der Waals surface area contributed by atoms with Crippen molar-refractivity contribution in [3.8, 4) is 0 Å². The second kappa shape index (κ2) is 2.96. The van der Waals surface area contributed by atoms with E-state index in [1.807, 2.05) is 6.08 Å². The molecule has 1 aliphatic rings. The smallest absolute Gasteiger partial charge is 0.0741 e. The second-order valence-corrected chi connectivity index (χ2v) is 3.14. The van der Waals surface area contributed by atoms with E-state index < -0.39 is 0 Å². The minimum absolute atomic E-state index is 0.121. The SMILES string of the molecule is ClC1=C(Cl)C(Cl)CC=C1. The van der Waals surface area contributed by atoms with Gasteiger partial charge in [0.05, 0.1) is 15.4 Å². The molecule has 0 saturated heterocycles. The number of hydrogen-bond acceptors (Lipinski definition) is 0. The van der Waals surface area contributed by atoms with Crippen molar-refractivity contribution in [2.45, 2.75) is 11.8 Å². The topological polar surface area (TPSA) is 0 Å². The van der Waals surface area contributed by atoms with E-state index in [0.717, 1.165) is 6.42 Å². The van der Waals surface area contributed by atoms with Gasteiger partial charge in [0, 0.05) is 0 Å². The van der Waals surface area contributed by atoms with E-state index >= 15 is 0 Å². The summed E-state index contributed by atoms with van der Waals surface area (Å²) >= 11 is 17.1. The van der Waals surface area contributed by atoms with E-state index in [-0.39, 0.29) is 5.38 Å². The highest BCUT2D eigenvalue weighted by Gasteiger charge is 2.13. The molecule has 0 fully saturated rings. The summed E-state index contributed by atoms with van der Waals surface area (Å²) in [7, 11) is 0. The summed E-state index contributed by atoms with van der Waals surface area (Å²) in [4.78, 5) is 0. The molecule has 0 saturated carbocycles. The fourth-order valence-corrected chi connectivity index (χ4v) is 1.27. The van der Waals surface area contributed by atoms with Gasteiger partial charge >= 0.3 is 0 Å². The summed E-state index contributed by atoms with van der Waals surface area (Å²) in [5.41, 5.74) is 0. The number of allylic oxidation sites excluding steroid dienone is 4. The van der Waals surface area contributed by atoms with Crippen LogP contribution in [0.25, 0.3) is 0 Å².